The van der Waals surface area contributed by atoms with Crippen LogP contribution < -0.4 is 5.73 Å². The second kappa shape index (κ2) is 5.50. The molecule has 3 atom stereocenters. The Morgan fingerprint density at radius 1 is 1.25 bits per heavy atom. The minimum atomic E-state index is 0.136. The summed E-state index contributed by atoms with van der Waals surface area (Å²) in [7, 11) is 0. The van der Waals surface area contributed by atoms with Crippen molar-refractivity contribution in [2.24, 2.45) is 11.7 Å². The van der Waals surface area contributed by atoms with Crippen LogP contribution in [0.4, 0.5) is 0 Å². The maximum Gasteiger partial charge on any atom is 0.0576 e. The lowest BCUT2D eigenvalue weighted by atomic mass is 9.71. The van der Waals surface area contributed by atoms with Crippen molar-refractivity contribution < 1.29 is 4.74 Å². The summed E-state index contributed by atoms with van der Waals surface area (Å²) in [6, 6.07) is 0. The molecule has 0 spiro atoms. The van der Waals surface area contributed by atoms with Gasteiger partial charge in [-0.1, -0.05) is 19.8 Å². The summed E-state index contributed by atoms with van der Waals surface area (Å²) in [4.78, 5) is 0. The van der Waals surface area contributed by atoms with Crippen molar-refractivity contribution in [1.29, 1.82) is 0 Å². The Bertz CT molecular complexity index is 213. The molecule has 1 saturated heterocycles. The van der Waals surface area contributed by atoms with E-state index in [1.807, 2.05) is 0 Å². The van der Waals surface area contributed by atoms with Crippen LogP contribution in [0.3, 0.4) is 0 Å². The molecule has 1 heterocycles. The van der Waals surface area contributed by atoms with E-state index in [9.17, 15) is 0 Å². The number of nitrogens with two attached hydrogens (primary N) is 1. The van der Waals surface area contributed by atoms with Crippen molar-refractivity contribution in [2.75, 3.05) is 6.61 Å². The third-order valence-corrected chi connectivity index (χ3v) is 4.70. The van der Waals surface area contributed by atoms with Crippen LogP contribution in [-0.4, -0.2) is 18.2 Å². The summed E-state index contributed by atoms with van der Waals surface area (Å²) in [6.07, 6.45) is 12.0. The second-order valence-electron chi connectivity index (χ2n) is 5.91. The average molecular weight is 225 g/mol. The zero-order chi connectivity index (χ0) is 11.4. The maximum atomic E-state index is 6.55. The van der Waals surface area contributed by atoms with Crippen LogP contribution >= 0.6 is 0 Å². The van der Waals surface area contributed by atoms with Crippen LogP contribution in [0.1, 0.15) is 64.7 Å². The van der Waals surface area contributed by atoms with E-state index in [2.05, 4.69) is 6.92 Å². The smallest absolute Gasteiger partial charge is 0.0576 e. The monoisotopic (exact) mass is 225 g/mol. The highest BCUT2D eigenvalue weighted by Gasteiger charge is 2.33. The van der Waals surface area contributed by atoms with Crippen molar-refractivity contribution in [3.63, 3.8) is 0 Å². The Kier molecular flexibility index (Phi) is 4.26. The molecule has 2 fully saturated rings. The fourth-order valence-corrected chi connectivity index (χ4v) is 3.34. The highest BCUT2D eigenvalue weighted by Crippen LogP contribution is 2.35. The van der Waals surface area contributed by atoms with Gasteiger partial charge in [0.25, 0.3) is 0 Å². The molecule has 2 aliphatic rings. The van der Waals surface area contributed by atoms with E-state index in [0.29, 0.717) is 12.0 Å². The van der Waals surface area contributed by atoms with Gasteiger partial charge in [0.2, 0.25) is 0 Å². The first-order valence-electron chi connectivity index (χ1n) is 7.11. The molecule has 2 heteroatoms. The highest BCUT2D eigenvalue weighted by atomic mass is 16.5. The normalized spacial score (nSPS) is 40.1. The fourth-order valence-electron chi connectivity index (χ4n) is 3.34. The first-order valence-corrected chi connectivity index (χ1v) is 7.11. The molecule has 2 N–H and O–H groups in total. The van der Waals surface area contributed by atoms with Gasteiger partial charge >= 0.3 is 0 Å². The number of ether oxygens (including phenoxy) is 1. The van der Waals surface area contributed by atoms with E-state index in [0.717, 1.165) is 6.61 Å². The number of hydrogen-bond acceptors (Lipinski definition) is 2. The third kappa shape index (κ3) is 2.98. The molecule has 0 aromatic carbocycles. The largest absolute Gasteiger partial charge is 0.378 e. The Hall–Kier alpha value is -0.0800. The zero-order valence-corrected chi connectivity index (χ0v) is 10.7. The summed E-state index contributed by atoms with van der Waals surface area (Å²) in [5, 5.41) is 0. The molecule has 0 radical (unpaired) electrons. The van der Waals surface area contributed by atoms with Gasteiger partial charge in [0, 0.05) is 12.1 Å². The third-order valence-electron chi connectivity index (χ3n) is 4.70. The van der Waals surface area contributed by atoms with E-state index < -0.39 is 0 Å². The predicted octanol–water partition coefficient (Wildman–Crippen LogP) is 3.24. The Morgan fingerprint density at radius 2 is 2.12 bits per heavy atom. The minimum Gasteiger partial charge on any atom is -0.378 e. The molecule has 1 aliphatic carbocycles. The molecule has 0 bridgehead atoms. The fraction of sp³-hybridized carbons (Fsp3) is 1.00. The van der Waals surface area contributed by atoms with E-state index in [4.69, 9.17) is 10.5 Å². The number of hydrogen-bond donors (Lipinski definition) is 1. The van der Waals surface area contributed by atoms with Crippen LogP contribution in [0.2, 0.25) is 0 Å². The molecule has 3 unspecified atom stereocenters. The molecule has 1 aliphatic heterocycles. The van der Waals surface area contributed by atoms with Gasteiger partial charge in [-0.15, -0.1) is 0 Å². The van der Waals surface area contributed by atoms with Crippen LogP contribution in [0.5, 0.6) is 0 Å². The molecular formula is C14H27NO. The second-order valence-corrected chi connectivity index (χ2v) is 5.91. The molecule has 94 valence electrons. The van der Waals surface area contributed by atoms with Crippen molar-refractivity contribution in [1.82, 2.24) is 0 Å². The van der Waals surface area contributed by atoms with Crippen LogP contribution in [0, 0.1) is 5.92 Å². The molecule has 0 amide bonds. The first kappa shape index (κ1) is 12.4. The first-order chi connectivity index (χ1) is 7.71. The molecule has 0 aromatic rings. The molecular weight excluding hydrogens is 198 g/mol. The van der Waals surface area contributed by atoms with Gasteiger partial charge in [0.15, 0.2) is 0 Å². The predicted molar refractivity (Wildman–Crippen MR) is 67.4 cm³/mol. The van der Waals surface area contributed by atoms with Crippen LogP contribution in [-0.2, 0) is 4.74 Å². The maximum absolute atomic E-state index is 6.55. The van der Waals surface area contributed by atoms with Crippen molar-refractivity contribution in [3.05, 3.63) is 0 Å². The summed E-state index contributed by atoms with van der Waals surface area (Å²) >= 11 is 0. The van der Waals surface area contributed by atoms with Gasteiger partial charge in [0.05, 0.1) is 6.10 Å². The van der Waals surface area contributed by atoms with E-state index >= 15 is 0 Å². The summed E-state index contributed by atoms with van der Waals surface area (Å²) in [6.45, 7) is 3.32. The van der Waals surface area contributed by atoms with Crippen molar-refractivity contribution in [2.45, 2.75) is 76.4 Å². The van der Waals surface area contributed by atoms with Gasteiger partial charge < -0.3 is 10.5 Å². The Morgan fingerprint density at radius 3 is 2.81 bits per heavy atom. The topological polar surface area (TPSA) is 35.2 Å². The lowest BCUT2D eigenvalue weighted by Crippen LogP contribution is -2.48. The SMILES string of the molecule is CC1CCCCC1(N)CCCC1CCCO1. The average Bonchev–Trinajstić information content (AvgIpc) is 2.76. The standard InChI is InChI=1S/C14H27NO/c1-12-6-2-3-9-14(12,15)10-4-7-13-8-5-11-16-13/h12-13H,2-11,15H2,1H3. The van der Waals surface area contributed by atoms with Gasteiger partial charge in [-0.05, 0) is 50.9 Å². The summed E-state index contributed by atoms with van der Waals surface area (Å²) < 4.78 is 5.66. The van der Waals surface area contributed by atoms with E-state index in [1.54, 1.807) is 0 Å². The quantitative estimate of drug-likeness (QED) is 0.797. The van der Waals surface area contributed by atoms with Gasteiger partial charge in [-0.25, -0.2) is 0 Å². The lowest BCUT2D eigenvalue weighted by Gasteiger charge is -2.40. The van der Waals surface area contributed by atoms with Crippen molar-refractivity contribution >= 4 is 0 Å². The van der Waals surface area contributed by atoms with E-state index in [1.165, 1.54) is 57.8 Å². The summed E-state index contributed by atoms with van der Waals surface area (Å²) in [5.41, 5.74) is 6.68. The number of rotatable bonds is 4. The molecule has 1 saturated carbocycles. The highest BCUT2D eigenvalue weighted by molar-refractivity contribution is 4.92. The molecule has 2 rings (SSSR count). The van der Waals surface area contributed by atoms with Crippen LogP contribution in [0.15, 0.2) is 0 Å². The lowest BCUT2D eigenvalue weighted by molar-refractivity contribution is 0.0960. The molecule has 0 aromatic heterocycles. The Labute approximate surface area is 99.9 Å². The zero-order valence-electron chi connectivity index (χ0n) is 10.7. The van der Waals surface area contributed by atoms with Crippen molar-refractivity contribution in [3.8, 4) is 0 Å². The van der Waals surface area contributed by atoms with Gasteiger partial charge in [-0.2, -0.15) is 0 Å². The van der Waals surface area contributed by atoms with E-state index in [-0.39, 0.29) is 5.54 Å². The van der Waals surface area contributed by atoms with Gasteiger partial charge in [0.1, 0.15) is 0 Å². The van der Waals surface area contributed by atoms with Gasteiger partial charge in [-0.3, -0.25) is 0 Å². The Balaban J connectivity index is 1.70. The molecule has 2 nitrogen and oxygen atoms in total. The van der Waals surface area contributed by atoms with Crippen LogP contribution in [0.25, 0.3) is 0 Å². The summed E-state index contributed by atoms with van der Waals surface area (Å²) in [5.74, 6) is 0.714. The molecule has 16 heavy (non-hydrogen) atoms. The minimum absolute atomic E-state index is 0.136.